The summed E-state index contributed by atoms with van der Waals surface area (Å²) in [6.45, 7) is 5.52. The van der Waals surface area contributed by atoms with Crippen LogP contribution in [0, 0.1) is 5.92 Å². The molecule has 122 valence electrons. The van der Waals surface area contributed by atoms with Crippen LogP contribution < -0.4 is 5.32 Å². The number of carboxylic acids is 1. The van der Waals surface area contributed by atoms with E-state index in [1.165, 1.54) is 0 Å². The van der Waals surface area contributed by atoms with Crippen LogP contribution in [-0.4, -0.2) is 35.9 Å². The highest BCUT2D eigenvalue weighted by molar-refractivity contribution is 5.72. The average Bonchev–Trinajstić information content (AvgIpc) is 2.41. The average molecular weight is 309 g/mol. The molecule has 0 heterocycles. The Morgan fingerprint density at radius 2 is 1.86 bits per heavy atom. The third-order valence-electron chi connectivity index (χ3n) is 2.67. The molecule has 1 atom stereocenters. The lowest BCUT2D eigenvalue weighted by Gasteiger charge is -2.20. The molecule has 6 nitrogen and oxygen atoms in total. The molecule has 0 bridgehead atoms. The van der Waals surface area contributed by atoms with E-state index in [0.29, 0.717) is 6.61 Å². The summed E-state index contributed by atoms with van der Waals surface area (Å²) in [5.41, 5.74) is 0.346. The minimum absolute atomic E-state index is 0.0139. The second-order valence-electron chi connectivity index (χ2n) is 5.92. The largest absolute Gasteiger partial charge is 0.481 e. The Hall–Kier alpha value is -2.08. The van der Waals surface area contributed by atoms with Gasteiger partial charge in [-0.25, -0.2) is 4.79 Å². The van der Waals surface area contributed by atoms with E-state index in [4.69, 9.17) is 14.6 Å². The highest BCUT2D eigenvalue weighted by Gasteiger charge is 2.21. The molecule has 0 saturated carbocycles. The molecule has 6 heteroatoms. The Labute approximate surface area is 130 Å². The molecule has 0 aliphatic rings. The minimum Gasteiger partial charge on any atom is -0.481 e. The Balaban J connectivity index is 2.36. The Morgan fingerprint density at radius 3 is 2.41 bits per heavy atom. The summed E-state index contributed by atoms with van der Waals surface area (Å²) < 4.78 is 10.5. The summed E-state index contributed by atoms with van der Waals surface area (Å²) >= 11 is 0. The first-order valence-corrected chi connectivity index (χ1v) is 7.09. The molecule has 2 N–H and O–H groups in total. The van der Waals surface area contributed by atoms with Crippen LogP contribution in [0.2, 0.25) is 0 Å². The number of carbonyl (C=O) groups excluding carboxylic acids is 1. The molecule has 0 spiro atoms. The van der Waals surface area contributed by atoms with Crippen molar-refractivity contribution in [2.24, 2.45) is 5.92 Å². The van der Waals surface area contributed by atoms with Crippen LogP contribution in [0.1, 0.15) is 26.3 Å². The number of hydrogen-bond acceptors (Lipinski definition) is 4. The van der Waals surface area contributed by atoms with E-state index in [-0.39, 0.29) is 13.2 Å². The molecule has 0 radical (unpaired) electrons. The highest BCUT2D eigenvalue weighted by Crippen LogP contribution is 2.07. The van der Waals surface area contributed by atoms with Crippen molar-refractivity contribution in [1.82, 2.24) is 5.32 Å². The third-order valence-corrected chi connectivity index (χ3v) is 2.67. The first-order chi connectivity index (χ1) is 10.3. The lowest BCUT2D eigenvalue weighted by atomic mass is 10.1. The number of carbonyl (C=O) groups is 2. The van der Waals surface area contributed by atoms with E-state index < -0.39 is 23.6 Å². The van der Waals surface area contributed by atoms with Gasteiger partial charge in [0.2, 0.25) is 0 Å². The molecule has 22 heavy (non-hydrogen) atoms. The summed E-state index contributed by atoms with van der Waals surface area (Å²) in [5.74, 6) is -1.85. The fourth-order valence-corrected chi connectivity index (χ4v) is 1.63. The van der Waals surface area contributed by atoms with Crippen molar-refractivity contribution in [3.8, 4) is 0 Å². The number of alkyl carbamates (subject to hydrolysis) is 1. The molecule has 0 saturated heterocycles. The normalized spacial score (nSPS) is 12.5. The van der Waals surface area contributed by atoms with Gasteiger partial charge in [0.25, 0.3) is 0 Å². The number of carboxylic acid groups (broad SMARTS) is 1. The molecule has 1 aromatic rings. The molecule has 1 aromatic carbocycles. The fraction of sp³-hybridized carbons (Fsp3) is 0.500. The van der Waals surface area contributed by atoms with Crippen LogP contribution in [0.15, 0.2) is 30.3 Å². The van der Waals surface area contributed by atoms with Gasteiger partial charge in [-0.05, 0) is 26.3 Å². The van der Waals surface area contributed by atoms with Gasteiger partial charge in [-0.2, -0.15) is 0 Å². The van der Waals surface area contributed by atoms with Gasteiger partial charge in [0, 0.05) is 6.54 Å². The van der Waals surface area contributed by atoms with Crippen molar-refractivity contribution in [3.63, 3.8) is 0 Å². The van der Waals surface area contributed by atoms with Crippen LogP contribution in [0.25, 0.3) is 0 Å². The molecule has 1 amide bonds. The maximum Gasteiger partial charge on any atom is 0.407 e. The predicted molar refractivity (Wildman–Crippen MR) is 81.5 cm³/mol. The quantitative estimate of drug-likeness (QED) is 0.808. The van der Waals surface area contributed by atoms with E-state index in [2.05, 4.69) is 5.32 Å². The summed E-state index contributed by atoms with van der Waals surface area (Å²) in [7, 11) is 0. The number of rotatable bonds is 7. The Kier molecular flexibility index (Phi) is 6.85. The molecule has 0 fully saturated rings. The molecule has 0 aromatic heterocycles. The lowest BCUT2D eigenvalue weighted by Crippen LogP contribution is -2.38. The number of amides is 1. The number of benzene rings is 1. The zero-order chi connectivity index (χ0) is 16.6. The van der Waals surface area contributed by atoms with Crippen molar-refractivity contribution in [1.29, 1.82) is 0 Å². The van der Waals surface area contributed by atoms with Crippen LogP contribution in [0.3, 0.4) is 0 Å². The summed E-state index contributed by atoms with van der Waals surface area (Å²) in [5, 5.41) is 11.6. The van der Waals surface area contributed by atoms with Gasteiger partial charge in [-0.1, -0.05) is 30.3 Å². The van der Waals surface area contributed by atoms with Crippen LogP contribution in [0.4, 0.5) is 4.79 Å². The number of nitrogens with one attached hydrogen (secondary N) is 1. The first kappa shape index (κ1) is 18.0. The summed E-state index contributed by atoms with van der Waals surface area (Å²) in [6, 6.07) is 9.46. The summed E-state index contributed by atoms with van der Waals surface area (Å²) in [6.07, 6.45) is -0.637. The number of hydrogen-bond donors (Lipinski definition) is 2. The van der Waals surface area contributed by atoms with Gasteiger partial charge in [-0.3, -0.25) is 4.79 Å². The Bertz CT molecular complexity index is 481. The van der Waals surface area contributed by atoms with Crippen molar-refractivity contribution in [3.05, 3.63) is 35.9 Å². The van der Waals surface area contributed by atoms with E-state index >= 15 is 0 Å². The lowest BCUT2D eigenvalue weighted by molar-refractivity contribution is -0.143. The van der Waals surface area contributed by atoms with Crippen molar-refractivity contribution >= 4 is 12.1 Å². The van der Waals surface area contributed by atoms with E-state index in [1.54, 1.807) is 20.8 Å². The van der Waals surface area contributed by atoms with Crippen LogP contribution >= 0.6 is 0 Å². The maximum atomic E-state index is 11.5. The SMILES string of the molecule is CC(C)(C)OC(=O)NCC(COCc1ccccc1)C(=O)O. The van der Waals surface area contributed by atoms with Gasteiger partial charge in [0.05, 0.1) is 19.1 Å². The second-order valence-corrected chi connectivity index (χ2v) is 5.92. The van der Waals surface area contributed by atoms with E-state index in [1.807, 2.05) is 30.3 Å². The van der Waals surface area contributed by atoms with Crippen molar-refractivity contribution in [2.75, 3.05) is 13.2 Å². The molecule has 0 aliphatic carbocycles. The maximum absolute atomic E-state index is 11.5. The standard InChI is InChI=1S/C16H23NO5/c1-16(2,3)22-15(20)17-9-13(14(18)19)11-21-10-12-7-5-4-6-8-12/h4-8,13H,9-11H2,1-3H3,(H,17,20)(H,18,19). The topological polar surface area (TPSA) is 84.9 Å². The van der Waals surface area contributed by atoms with Gasteiger partial charge in [0.1, 0.15) is 5.60 Å². The molecular formula is C16H23NO5. The van der Waals surface area contributed by atoms with Gasteiger partial charge >= 0.3 is 12.1 Å². The zero-order valence-electron chi connectivity index (χ0n) is 13.2. The van der Waals surface area contributed by atoms with Crippen LogP contribution in [-0.2, 0) is 20.9 Å². The highest BCUT2D eigenvalue weighted by atomic mass is 16.6. The van der Waals surface area contributed by atoms with Gasteiger partial charge in [-0.15, -0.1) is 0 Å². The van der Waals surface area contributed by atoms with Crippen LogP contribution in [0.5, 0.6) is 0 Å². The number of aliphatic carboxylic acids is 1. The third kappa shape index (κ3) is 7.64. The van der Waals surface area contributed by atoms with E-state index in [9.17, 15) is 9.59 Å². The molecular weight excluding hydrogens is 286 g/mol. The van der Waals surface area contributed by atoms with E-state index in [0.717, 1.165) is 5.56 Å². The molecule has 0 aliphatic heterocycles. The summed E-state index contributed by atoms with van der Waals surface area (Å²) in [4.78, 5) is 22.7. The zero-order valence-corrected chi connectivity index (χ0v) is 13.2. The molecule has 1 rings (SSSR count). The number of ether oxygens (including phenoxy) is 2. The Morgan fingerprint density at radius 1 is 1.23 bits per heavy atom. The molecule has 1 unspecified atom stereocenters. The van der Waals surface area contributed by atoms with Crippen molar-refractivity contribution in [2.45, 2.75) is 33.0 Å². The minimum atomic E-state index is -1.02. The smallest absolute Gasteiger partial charge is 0.407 e. The van der Waals surface area contributed by atoms with Crippen molar-refractivity contribution < 1.29 is 24.2 Å². The fourth-order valence-electron chi connectivity index (χ4n) is 1.63. The second kappa shape index (κ2) is 8.38. The predicted octanol–water partition coefficient (Wildman–Crippen LogP) is 2.43. The van der Waals surface area contributed by atoms with Gasteiger partial charge < -0.3 is 19.9 Å². The monoisotopic (exact) mass is 309 g/mol. The van der Waals surface area contributed by atoms with Gasteiger partial charge in [0.15, 0.2) is 0 Å². The first-order valence-electron chi connectivity index (χ1n) is 7.09.